The Hall–Kier alpha value is -1.65. The summed E-state index contributed by atoms with van der Waals surface area (Å²) < 4.78 is 1.82. The zero-order valence-electron chi connectivity index (χ0n) is 11.6. The Labute approximate surface area is 114 Å². The number of nitrogens with two attached hydrogens (primary N) is 1. The Morgan fingerprint density at radius 1 is 1.37 bits per heavy atom. The van der Waals surface area contributed by atoms with E-state index in [4.69, 9.17) is 5.84 Å². The van der Waals surface area contributed by atoms with Crippen LogP contribution in [0.1, 0.15) is 23.1 Å². The highest BCUT2D eigenvalue weighted by atomic mass is 15.2. The van der Waals surface area contributed by atoms with E-state index in [9.17, 15) is 0 Å². The monoisotopic (exact) mass is 258 g/mol. The second-order valence-corrected chi connectivity index (χ2v) is 5.06. The molecule has 1 aromatic heterocycles. The van der Waals surface area contributed by atoms with Gasteiger partial charge in [0.05, 0.1) is 6.20 Å². The fourth-order valence-electron chi connectivity index (χ4n) is 2.33. The second kappa shape index (κ2) is 6.50. The van der Waals surface area contributed by atoms with Gasteiger partial charge >= 0.3 is 0 Å². The second-order valence-electron chi connectivity index (χ2n) is 5.06. The number of hydrazine groups is 1. The molecule has 1 heterocycles. The molecule has 0 saturated heterocycles. The minimum absolute atomic E-state index is 0.281. The summed E-state index contributed by atoms with van der Waals surface area (Å²) in [7, 11) is 1.93. The van der Waals surface area contributed by atoms with Gasteiger partial charge in [0.1, 0.15) is 0 Å². The van der Waals surface area contributed by atoms with Crippen molar-refractivity contribution in [3.05, 3.63) is 53.3 Å². The van der Waals surface area contributed by atoms with Crippen LogP contribution in [0.3, 0.4) is 0 Å². The van der Waals surface area contributed by atoms with E-state index < -0.39 is 0 Å². The van der Waals surface area contributed by atoms with Crippen molar-refractivity contribution in [3.63, 3.8) is 0 Å². The van der Waals surface area contributed by atoms with Crippen LogP contribution >= 0.6 is 0 Å². The molecule has 0 amide bonds. The molecule has 0 fully saturated rings. The quantitative estimate of drug-likeness (QED) is 0.613. The molecule has 1 aromatic carbocycles. The lowest BCUT2D eigenvalue weighted by atomic mass is 9.98. The molecule has 4 nitrogen and oxygen atoms in total. The molecule has 1 atom stereocenters. The van der Waals surface area contributed by atoms with Crippen molar-refractivity contribution >= 4 is 0 Å². The Kier molecular flexibility index (Phi) is 4.71. The molecule has 2 rings (SSSR count). The third kappa shape index (κ3) is 3.91. The third-order valence-corrected chi connectivity index (χ3v) is 3.50. The zero-order valence-corrected chi connectivity index (χ0v) is 11.6. The lowest BCUT2D eigenvalue weighted by Gasteiger charge is -2.15. The van der Waals surface area contributed by atoms with Gasteiger partial charge in [-0.25, -0.2) is 0 Å². The fourth-order valence-corrected chi connectivity index (χ4v) is 2.33. The lowest BCUT2D eigenvalue weighted by molar-refractivity contribution is 0.491. The van der Waals surface area contributed by atoms with Crippen molar-refractivity contribution in [2.45, 2.75) is 32.2 Å². The molecule has 0 aliphatic heterocycles. The molecule has 4 heteroatoms. The molecule has 3 N–H and O–H groups in total. The standard InChI is InChI=1S/C15H22N4/c1-12-5-3-4-6-14(12)7-8-15(18-16)9-13-10-17-19(2)11-13/h3-6,10-11,15,18H,7-9,16H2,1-2H3. The molecule has 0 saturated carbocycles. The molecule has 2 aromatic rings. The molecule has 102 valence electrons. The van der Waals surface area contributed by atoms with Crippen LogP contribution in [0.2, 0.25) is 0 Å². The Balaban J connectivity index is 1.91. The summed E-state index contributed by atoms with van der Waals surface area (Å²) in [5.74, 6) is 5.65. The van der Waals surface area contributed by atoms with Crippen LogP contribution in [0.15, 0.2) is 36.7 Å². The van der Waals surface area contributed by atoms with Crippen LogP contribution in [-0.2, 0) is 19.9 Å². The van der Waals surface area contributed by atoms with E-state index in [1.807, 2.05) is 24.1 Å². The average molecular weight is 258 g/mol. The molecule has 1 unspecified atom stereocenters. The first-order valence-corrected chi connectivity index (χ1v) is 6.67. The summed E-state index contributed by atoms with van der Waals surface area (Å²) in [6, 6.07) is 8.79. The highest BCUT2D eigenvalue weighted by Gasteiger charge is 2.10. The fraction of sp³-hybridized carbons (Fsp3) is 0.400. The highest BCUT2D eigenvalue weighted by Crippen LogP contribution is 2.12. The van der Waals surface area contributed by atoms with E-state index in [1.54, 1.807) is 0 Å². The maximum atomic E-state index is 5.65. The number of aromatic nitrogens is 2. The molecule has 0 aliphatic rings. The summed E-state index contributed by atoms with van der Waals surface area (Å²) in [6.45, 7) is 2.15. The highest BCUT2D eigenvalue weighted by molar-refractivity contribution is 5.25. The average Bonchev–Trinajstić information content (AvgIpc) is 2.81. The van der Waals surface area contributed by atoms with Crippen molar-refractivity contribution in [1.82, 2.24) is 15.2 Å². The van der Waals surface area contributed by atoms with E-state index in [2.05, 4.69) is 41.7 Å². The molecular weight excluding hydrogens is 236 g/mol. The van der Waals surface area contributed by atoms with Gasteiger partial charge in [0.2, 0.25) is 0 Å². The van der Waals surface area contributed by atoms with Crippen molar-refractivity contribution < 1.29 is 0 Å². The number of rotatable bonds is 6. The number of hydrogen-bond acceptors (Lipinski definition) is 3. The first-order chi connectivity index (χ1) is 9.19. The number of benzene rings is 1. The first kappa shape index (κ1) is 13.8. The number of nitrogens with zero attached hydrogens (tertiary/aromatic N) is 2. The Morgan fingerprint density at radius 3 is 2.79 bits per heavy atom. The molecule has 0 aliphatic carbocycles. The van der Waals surface area contributed by atoms with Gasteiger partial charge in [-0.2, -0.15) is 5.10 Å². The van der Waals surface area contributed by atoms with Gasteiger partial charge in [0, 0.05) is 19.3 Å². The molecule has 0 radical (unpaired) electrons. The van der Waals surface area contributed by atoms with E-state index in [0.717, 1.165) is 19.3 Å². The maximum absolute atomic E-state index is 5.65. The topological polar surface area (TPSA) is 55.9 Å². The predicted molar refractivity (Wildman–Crippen MR) is 77.5 cm³/mol. The zero-order chi connectivity index (χ0) is 13.7. The van der Waals surface area contributed by atoms with Crippen LogP contribution in [0.25, 0.3) is 0 Å². The van der Waals surface area contributed by atoms with Gasteiger partial charge in [0.15, 0.2) is 0 Å². The van der Waals surface area contributed by atoms with Crippen molar-refractivity contribution in [1.29, 1.82) is 0 Å². The molecule has 0 spiro atoms. The van der Waals surface area contributed by atoms with E-state index in [0.29, 0.717) is 0 Å². The van der Waals surface area contributed by atoms with Crippen molar-refractivity contribution in [2.24, 2.45) is 12.9 Å². The number of nitrogens with one attached hydrogen (secondary N) is 1. The molecular formula is C15H22N4. The van der Waals surface area contributed by atoms with E-state index in [-0.39, 0.29) is 6.04 Å². The number of aryl methyl sites for hydroxylation is 3. The van der Waals surface area contributed by atoms with E-state index >= 15 is 0 Å². The lowest BCUT2D eigenvalue weighted by Crippen LogP contribution is -2.37. The third-order valence-electron chi connectivity index (χ3n) is 3.50. The predicted octanol–water partition coefficient (Wildman–Crippen LogP) is 1.74. The van der Waals surface area contributed by atoms with Crippen molar-refractivity contribution in [3.8, 4) is 0 Å². The number of hydrogen-bond donors (Lipinski definition) is 2. The van der Waals surface area contributed by atoms with Gasteiger partial charge in [-0.05, 0) is 42.9 Å². The molecule has 0 bridgehead atoms. The normalized spacial score (nSPS) is 12.6. The Morgan fingerprint density at radius 2 is 2.16 bits per heavy atom. The summed E-state index contributed by atoms with van der Waals surface area (Å²) in [4.78, 5) is 0. The molecule has 19 heavy (non-hydrogen) atoms. The largest absolute Gasteiger partial charge is 0.276 e. The summed E-state index contributed by atoms with van der Waals surface area (Å²) >= 11 is 0. The SMILES string of the molecule is Cc1ccccc1CCC(Cc1cnn(C)c1)NN. The van der Waals surface area contributed by atoms with E-state index in [1.165, 1.54) is 16.7 Å². The van der Waals surface area contributed by atoms with Crippen LogP contribution in [0.4, 0.5) is 0 Å². The van der Waals surface area contributed by atoms with Crippen LogP contribution < -0.4 is 11.3 Å². The maximum Gasteiger partial charge on any atom is 0.0522 e. The van der Waals surface area contributed by atoms with Gasteiger partial charge in [-0.1, -0.05) is 24.3 Å². The van der Waals surface area contributed by atoms with Crippen molar-refractivity contribution in [2.75, 3.05) is 0 Å². The van der Waals surface area contributed by atoms with Gasteiger partial charge in [-0.15, -0.1) is 0 Å². The van der Waals surface area contributed by atoms with Crippen LogP contribution in [0, 0.1) is 6.92 Å². The first-order valence-electron chi connectivity index (χ1n) is 6.67. The van der Waals surface area contributed by atoms with Gasteiger partial charge < -0.3 is 0 Å². The van der Waals surface area contributed by atoms with Crippen LogP contribution in [-0.4, -0.2) is 15.8 Å². The minimum atomic E-state index is 0.281. The summed E-state index contributed by atoms with van der Waals surface area (Å²) in [6.07, 6.45) is 6.92. The van der Waals surface area contributed by atoms with Crippen LogP contribution in [0.5, 0.6) is 0 Å². The van der Waals surface area contributed by atoms with Gasteiger partial charge in [0.25, 0.3) is 0 Å². The summed E-state index contributed by atoms with van der Waals surface area (Å²) in [5, 5.41) is 4.18. The summed E-state index contributed by atoms with van der Waals surface area (Å²) in [5.41, 5.74) is 6.87. The van der Waals surface area contributed by atoms with Gasteiger partial charge in [-0.3, -0.25) is 16.0 Å². The smallest absolute Gasteiger partial charge is 0.0522 e. The Bertz CT molecular complexity index is 518. The minimum Gasteiger partial charge on any atom is -0.276 e.